The highest BCUT2D eigenvalue weighted by molar-refractivity contribution is 9.10. The van der Waals surface area contributed by atoms with Crippen LogP contribution in [-0.4, -0.2) is 33.5 Å². The molecule has 0 heterocycles. The number of hydrogen-bond acceptors (Lipinski definition) is 3. The van der Waals surface area contributed by atoms with Gasteiger partial charge in [0.05, 0.1) is 22.7 Å². The average Bonchev–Trinajstić information content (AvgIpc) is 2.33. The van der Waals surface area contributed by atoms with Crippen LogP contribution in [0.25, 0.3) is 0 Å². The van der Waals surface area contributed by atoms with Gasteiger partial charge in [0.15, 0.2) is 0 Å². The van der Waals surface area contributed by atoms with Crippen LogP contribution >= 0.6 is 27.5 Å². The lowest BCUT2D eigenvalue weighted by atomic mass is 10.3. The van der Waals surface area contributed by atoms with E-state index in [2.05, 4.69) is 21.2 Å². The number of ether oxygens (including phenoxy) is 2. The molecule has 1 aromatic rings. The van der Waals surface area contributed by atoms with E-state index in [9.17, 15) is 0 Å². The number of hydrogen-bond donors (Lipinski definition) is 1. The molecule has 0 unspecified atom stereocenters. The highest BCUT2D eigenvalue weighted by atomic mass is 79.9. The minimum atomic E-state index is 0.646. The molecule has 17 heavy (non-hydrogen) atoms. The van der Waals surface area contributed by atoms with E-state index in [0.29, 0.717) is 18.2 Å². The molecule has 96 valence electrons. The molecule has 5 heteroatoms. The minimum Gasteiger partial charge on any atom is -0.384 e. The van der Waals surface area contributed by atoms with Gasteiger partial charge in [0.1, 0.15) is 0 Å². The summed E-state index contributed by atoms with van der Waals surface area (Å²) in [6.07, 6.45) is 0.947. The fourth-order valence-corrected chi connectivity index (χ4v) is 1.86. The van der Waals surface area contributed by atoms with Gasteiger partial charge in [-0.25, -0.2) is 0 Å². The van der Waals surface area contributed by atoms with E-state index in [1.54, 1.807) is 7.11 Å². The van der Waals surface area contributed by atoms with Crippen LogP contribution in [-0.2, 0) is 9.47 Å². The van der Waals surface area contributed by atoms with Gasteiger partial charge in [0, 0.05) is 25.9 Å². The molecule has 0 radical (unpaired) electrons. The molecule has 0 amide bonds. The standard InChI is InChI=1S/C12H17BrClNO2/c1-16-8-9-17-7-3-6-15-11-5-2-4-10(14)12(11)13/h2,4-5,15H,3,6-9H2,1H3. The smallest absolute Gasteiger partial charge is 0.0700 e. The van der Waals surface area contributed by atoms with Crippen molar-refractivity contribution >= 4 is 33.2 Å². The van der Waals surface area contributed by atoms with Crippen molar-refractivity contribution in [3.05, 3.63) is 27.7 Å². The second kappa shape index (κ2) is 8.75. The zero-order chi connectivity index (χ0) is 12.5. The van der Waals surface area contributed by atoms with Crippen LogP contribution in [0.15, 0.2) is 22.7 Å². The minimum absolute atomic E-state index is 0.646. The predicted molar refractivity (Wildman–Crippen MR) is 75.0 cm³/mol. The van der Waals surface area contributed by atoms with E-state index >= 15 is 0 Å². The zero-order valence-electron chi connectivity index (χ0n) is 9.84. The first-order chi connectivity index (χ1) is 8.25. The molecule has 0 aliphatic rings. The predicted octanol–water partition coefficient (Wildman–Crippen LogP) is 3.57. The van der Waals surface area contributed by atoms with Gasteiger partial charge in [-0.1, -0.05) is 17.7 Å². The highest BCUT2D eigenvalue weighted by Gasteiger charge is 2.02. The van der Waals surface area contributed by atoms with Gasteiger partial charge in [-0.3, -0.25) is 0 Å². The largest absolute Gasteiger partial charge is 0.384 e. The van der Waals surface area contributed by atoms with Crippen LogP contribution in [0.3, 0.4) is 0 Å². The third kappa shape index (κ3) is 5.73. The third-order valence-corrected chi connectivity index (χ3v) is 3.56. The lowest BCUT2D eigenvalue weighted by molar-refractivity contribution is 0.0705. The molecule has 0 fully saturated rings. The third-order valence-electron chi connectivity index (χ3n) is 2.16. The Morgan fingerprint density at radius 1 is 1.29 bits per heavy atom. The molecule has 0 aliphatic heterocycles. The van der Waals surface area contributed by atoms with Crippen molar-refractivity contribution in [2.45, 2.75) is 6.42 Å². The van der Waals surface area contributed by atoms with Gasteiger partial charge < -0.3 is 14.8 Å². The second-order valence-electron chi connectivity index (χ2n) is 3.49. The normalized spacial score (nSPS) is 10.5. The first-order valence-corrected chi connectivity index (χ1v) is 6.67. The number of halogens is 2. The molecular weight excluding hydrogens is 305 g/mol. The van der Waals surface area contributed by atoms with Crippen LogP contribution < -0.4 is 5.32 Å². The Labute approximate surface area is 116 Å². The Bertz CT molecular complexity index is 336. The Morgan fingerprint density at radius 2 is 2.12 bits per heavy atom. The number of benzene rings is 1. The van der Waals surface area contributed by atoms with Crippen molar-refractivity contribution in [3.8, 4) is 0 Å². The second-order valence-corrected chi connectivity index (χ2v) is 4.69. The maximum absolute atomic E-state index is 5.99. The molecular formula is C12H17BrClNO2. The quantitative estimate of drug-likeness (QED) is 0.742. The molecule has 1 N–H and O–H groups in total. The van der Waals surface area contributed by atoms with Crippen LogP contribution in [0.2, 0.25) is 5.02 Å². The Kier molecular flexibility index (Phi) is 7.60. The summed E-state index contributed by atoms with van der Waals surface area (Å²) >= 11 is 9.43. The molecule has 1 aromatic carbocycles. The lowest BCUT2D eigenvalue weighted by Gasteiger charge is -2.09. The molecule has 0 saturated carbocycles. The van der Waals surface area contributed by atoms with Gasteiger partial charge >= 0.3 is 0 Å². The van der Waals surface area contributed by atoms with Crippen molar-refractivity contribution in [1.29, 1.82) is 0 Å². The monoisotopic (exact) mass is 321 g/mol. The molecule has 0 saturated heterocycles. The fourth-order valence-electron chi connectivity index (χ4n) is 1.28. The van der Waals surface area contributed by atoms with Gasteiger partial charge in [0.25, 0.3) is 0 Å². The van der Waals surface area contributed by atoms with E-state index in [0.717, 1.165) is 29.7 Å². The molecule has 0 aliphatic carbocycles. The summed E-state index contributed by atoms with van der Waals surface area (Å²) in [4.78, 5) is 0. The first kappa shape index (κ1) is 14.8. The van der Waals surface area contributed by atoms with Crippen LogP contribution in [0, 0.1) is 0 Å². The van der Waals surface area contributed by atoms with Crippen LogP contribution in [0.4, 0.5) is 5.69 Å². The van der Waals surface area contributed by atoms with E-state index in [1.165, 1.54) is 0 Å². The fraction of sp³-hybridized carbons (Fsp3) is 0.500. The summed E-state index contributed by atoms with van der Waals surface area (Å²) < 4.78 is 11.2. The molecule has 0 atom stereocenters. The van der Waals surface area contributed by atoms with Gasteiger partial charge in [0.2, 0.25) is 0 Å². The number of methoxy groups -OCH3 is 1. The van der Waals surface area contributed by atoms with Gasteiger partial charge in [-0.2, -0.15) is 0 Å². The van der Waals surface area contributed by atoms with Crippen LogP contribution in [0.5, 0.6) is 0 Å². The number of anilines is 1. The van der Waals surface area contributed by atoms with E-state index in [-0.39, 0.29) is 0 Å². The topological polar surface area (TPSA) is 30.5 Å². The maximum atomic E-state index is 5.99. The summed E-state index contributed by atoms with van der Waals surface area (Å²) in [5.74, 6) is 0. The summed E-state index contributed by atoms with van der Waals surface area (Å²) in [5.41, 5.74) is 1.01. The summed E-state index contributed by atoms with van der Waals surface area (Å²) in [6, 6.07) is 5.76. The maximum Gasteiger partial charge on any atom is 0.0700 e. The molecule has 0 spiro atoms. The molecule has 3 nitrogen and oxygen atoms in total. The molecule has 0 bridgehead atoms. The van der Waals surface area contributed by atoms with E-state index < -0.39 is 0 Å². The zero-order valence-corrected chi connectivity index (χ0v) is 12.2. The average molecular weight is 323 g/mol. The van der Waals surface area contributed by atoms with Crippen molar-refractivity contribution in [2.24, 2.45) is 0 Å². The van der Waals surface area contributed by atoms with Crippen molar-refractivity contribution in [3.63, 3.8) is 0 Å². The van der Waals surface area contributed by atoms with E-state index in [1.807, 2.05) is 18.2 Å². The van der Waals surface area contributed by atoms with Crippen molar-refractivity contribution < 1.29 is 9.47 Å². The first-order valence-electron chi connectivity index (χ1n) is 5.50. The number of nitrogens with one attached hydrogen (secondary N) is 1. The molecule has 1 rings (SSSR count). The van der Waals surface area contributed by atoms with Crippen molar-refractivity contribution in [1.82, 2.24) is 0 Å². The van der Waals surface area contributed by atoms with Crippen molar-refractivity contribution in [2.75, 3.05) is 38.8 Å². The van der Waals surface area contributed by atoms with Crippen LogP contribution in [0.1, 0.15) is 6.42 Å². The summed E-state index contributed by atoms with van der Waals surface area (Å²) in [7, 11) is 1.67. The van der Waals surface area contributed by atoms with E-state index in [4.69, 9.17) is 21.1 Å². The molecule has 0 aromatic heterocycles. The highest BCUT2D eigenvalue weighted by Crippen LogP contribution is 2.29. The SMILES string of the molecule is COCCOCCCNc1cccc(Cl)c1Br. The Balaban J connectivity index is 2.16. The Hall–Kier alpha value is -0.290. The lowest BCUT2D eigenvalue weighted by Crippen LogP contribution is -2.08. The Morgan fingerprint density at radius 3 is 2.88 bits per heavy atom. The number of rotatable bonds is 8. The van der Waals surface area contributed by atoms with Gasteiger partial charge in [-0.15, -0.1) is 0 Å². The van der Waals surface area contributed by atoms with Gasteiger partial charge in [-0.05, 0) is 34.5 Å². The summed E-state index contributed by atoms with van der Waals surface area (Å²) in [6.45, 7) is 2.88. The summed E-state index contributed by atoms with van der Waals surface area (Å²) in [5, 5.41) is 4.02.